The zero-order valence-electron chi connectivity index (χ0n) is 22.4. The van der Waals surface area contributed by atoms with Crippen molar-refractivity contribution in [3.63, 3.8) is 0 Å². The average molecular weight is 569 g/mol. The van der Waals surface area contributed by atoms with Gasteiger partial charge in [-0.3, -0.25) is 0 Å². The Morgan fingerprint density at radius 1 is 0.548 bits per heavy atom. The minimum absolute atomic E-state index is 0.0953. The van der Waals surface area contributed by atoms with Crippen molar-refractivity contribution in [2.75, 3.05) is 0 Å². The first kappa shape index (κ1) is 29.3. The van der Waals surface area contributed by atoms with Gasteiger partial charge in [-0.2, -0.15) is 0 Å². The summed E-state index contributed by atoms with van der Waals surface area (Å²) in [6, 6.07) is 27.2. The molecule has 0 aliphatic carbocycles. The number of carbonyl (C=O) groups is 2. The Morgan fingerprint density at radius 3 is 1.29 bits per heavy atom. The summed E-state index contributed by atoms with van der Waals surface area (Å²) in [7, 11) is 0. The number of aliphatic carboxylic acids is 2. The van der Waals surface area contributed by atoms with E-state index in [1.807, 2.05) is 60.7 Å². The van der Waals surface area contributed by atoms with Crippen LogP contribution in [0.4, 0.5) is 0 Å². The molecule has 0 saturated carbocycles. The smallest absolute Gasteiger partial charge is 0.354 e. The molecule has 0 saturated heterocycles. The number of oxime groups is 2. The van der Waals surface area contributed by atoms with Crippen molar-refractivity contribution in [1.29, 1.82) is 0 Å². The lowest BCUT2D eigenvalue weighted by Crippen LogP contribution is -2.17. The minimum Gasteiger partial charge on any atom is -0.507 e. The largest absolute Gasteiger partial charge is 0.507 e. The highest BCUT2D eigenvalue weighted by molar-refractivity contribution is 6.36. The zero-order chi connectivity index (χ0) is 29.9. The highest BCUT2D eigenvalue weighted by atomic mass is 16.6. The number of aromatic hydroxyl groups is 2. The first-order valence-corrected chi connectivity index (χ1v) is 12.9. The van der Waals surface area contributed by atoms with Crippen LogP contribution in [0.2, 0.25) is 0 Å². The lowest BCUT2D eigenvalue weighted by molar-refractivity contribution is -0.130. The Morgan fingerprint density at radius 2 is 0.929 bits per heavy atom. The minimum atomic E-state index is -1.27. The lowest BCUT2D eigenvalue weighted by Gasteiger charge is -2.12. The van der Waals surface area contributed by atoms with E-state index in [2.05, 4.69) is 10.3 Å². The highest BCUT2D eigenvalue weighted by Crippen LogP contribution is 2.37. The molecule has 0 radical (unpaired) electrons. The number of rotatable bonds is 13. The first-order valence-electron chi connectivity index (χ1n) is 12.9. The Labute approximate surface area is 241 Å². The Hall–Kier alpha value is -5.64. The van der Waals surface area contributed by atoms with E-state index in [0.717, 1.165) is 11.1 Å². The van der Waals surface area contributed by atoms with Crippen LogP contribution in [0, 0.1) is 0 Å². The summed E-state index contributed by atoms with van der Waals surface area (Å²) < 4.78 is 0. The normalized spacial score (nSPS) is 11.6. The number of carboxylic acid groups (broad SMARTS) is 2. The first-order chi connectivity index (χ1) is 20.3. The van der Waals surface area contributed by atoms with E-state index in [0.29, 0.717) is 11.1 Å². The summed E-state index contributed by atoms with van der Waals surface area (Å²) in [5, 5.41) is 48.0. The van der Waals surface area contributed by atoms with Gasteiger partial charge in [0.1, 0.15) is 24.7 Å². The lowest BCUT2D eigenvalue weighted by atomic mass is 9.96. The number of hydrogen-bond donors (Lipinski definition) is 4. The second kappa shape index (κ2) is 14.1. The van der Waals surface area contributed by atoms with Crippen LogP contribution in [-0.2, 0) is 45.3 Å². The molecule has 4 aromatic carbocycles. The molecule has 0 spiro atoms. The standard InChI is InChI=1S/C32H28N2O8/c35-29-13-11-23(17-27(31(37)38)33-41-19-21-7-3-1-4-8-21)15-25(29)26-16-24(12-14-30(26)36)18-28(32(39)40)34-42-20-22-9-5-2-6-10-22/h1-16,35-36H,17-20H2,(H,37,38)(H,39,40)/b33-27+,34-28+. The molecule has 0 amide bonds. The van der Waals surface area contributed by atoms with E-state index in [4.69, 9.17) is 9.68 Å². The molecular formula is C32H28N2O8. The van der Waals surface area contributed by atoms with Gasteiger partial charge in [0.05, 0.1) is 0 Å². The maximum Gasteiger partial charge on any atom is 0.354 e. The number of nitrogens with zero attached hydrogens (tertiary/aromatic N) is 2. The fourth-order valence-corrected chi connectivity index (χ4v) is 4.02. The van der Waals surface area contributed by atoms with E-state index in [9.17, 15) is 30.0 Å². The summed E-state index contributed by atoms with van der Waals surface area (Å²) >= 11 is 0. The van der Waals surface area contributed by atoms with Crippen LogP contribution in [0.5, 0.6) is 11.5 Å². The number of carboxylic acids is 2. The van der Waals surface area contributed by atoms with E-state index in [1.165, 1.54) is 36.4 Å². The third-order valence-electron chi connectivity index (χ3n) is 6.15. The van der Waals surface area contributed by atoms with Crippen LogP contribution in [0.15, 0.2) is 107 Å². The van der Waals surface area contributed by atoms with Gasteiger partial charge in [0.2, 0.25) is 0 Å². The molecular weight excluding hydrogens is 540 g/mol. The van der Waals surface area contributed by atoms with Crippen molar-refractivity contribution in [3.05, 3.63) is 119 Å². The van der Waals surface area contributed by atoms with Crippen molar-refractivity contribution in [2.45, 2.75) is 26.1 Å². The van der Waals surface area contributed by atoms with Crippen LogP contribution < -0.4 is 0 Å². The molecule has 214 valence electrons. The second-order valence-electron chi connectivity index (χ2n) is 9.26. The van der Waals surface area contributed by atoms with Gasteiger partial charge in [-0.05, 0) is 46.5 Å². The molecule has 42 heavy (non-hydrogen) atoms. The number of phenols is 2. The highest BCUT2D eigenvalue weighted by Gasteiger charge is 2.18. The van der Waals surface area contributed by atoms with Crippen molar-refractivity contribution in [3.8, 4) is 22.6 Å². The summed E-state index contributed by atoms with van der Waals surface area (Å²) in [4.78, 5) is 34.1. The van der Waals surface area contributed by atoms with Crippen molar-refractivity contribution >= 4 is 23.4 Å². The summed E-state index contributed by atoms with van der Waals surface area (Å²) in [6.45, 7) is 0.191. The van der Waals surface area contributed by atoms with E-state index in [-0.39, 0.29) is 60.1 Å². The molecule has 0 aliphatic heterocycles. The van der Waals surface area contributed by atoms with Gasteiger partial charge in [-0.15, -0.1) is 0 Å². The number of benzene rings is 4. The van der Waals surface area contributed by atoms with Crippen LogP contribution in [0.1, 0.15) is 22.3 Å². The van der Waals surface area contributed by atoms with Crippen LogP contribution in [-0.4, -0.2) is 43.8 Å². The molecule has 0 fully saturated rings. The summed E-state index contributed by atoms with van der Waals surface area (Å²) in [6.07, 6.45) is -0.237. The molecule has 4 N–H and O–H groups in total. The average Bonchev–Trinajstić information content (AvgIpc) is 2.99. The van der Waals surface area contributed by atoms with Gasteiger partial charge in [0.25, 0.3) is 0 Å². The Balaban J connectivity index is 1.52. The van der Waals surface area contributed by atoms with Gasteiger partial charge in [0, 0.05) is 24.0 Å². The van der Waals surface area contributed by atoms with E-state index >= 15 is 0 Å². The maximum atomic E-state index is 11.8. The van der Waals surface area contributed by atoms with Gasteiger partial charge in [-0.25, -0.2) is 9.59 Å². The van der Waals surface area contributed by atoms with E-state index in [1.54, 1.807) is 0 Å². The topological polar surface area (TPSA) is 158 Å². The van der Waals surface area contributed by atoms with Crippen molar-refractivity contribution in [2.24, 2.45) is 10.3 Å². The SMILES string of the molecule is O=C(O)/C(Cc1ccc(O)c(-c2cc(C/C(=N\OCc3ccccc3)C(=O)O)ccc2O)c1)=N/OCc1ccccc1. The quantitative estimate of drug-likeness (QED) is 0.127. The second-order valence-corrected chi connectivity index (χ2v) is 9.26. The van der Waals surface area contributed by atoms with Crippen LogP contribution in [0.25, 0.3) is 11.1 Å². The van der Waals surface area contributed by atoms with Crippen LogP contribution in [0.3, 0.4) is 0 Å². The summed E-state index contributed by atoms with van der Waals surface area (Å²) in [5.74, 6) is -2.87. The fourth-order valence-electron chi connectivity index (χ4n) is 4.02. The molecule has 0 aromatic heterocycles. The molecule has 0 bridgehead atoms. The summed E-state index contributed by atoms with van der Waals surface area (Å²) in [5.41, 5.74) is 2.56. The molecule has 10 heteroatoms. The van der Waals surface area contributed by atoms with Crippen molar-refractivity contribution in [1.82, 2.24) is 0 Å². The molecule has 0 unspecified atom stereocenters. The maximum absolute atomic E-state index is 11.8. The molecule has 4 rings (SSSR count). The third-order valence-corrected chi connectivity index (χ3v) is 6.15. The predicted octanol–water partition coefficient (Wildman–Crippen LogP) is 5.16. The molecule has 0 aliphatic rings. The molecule has 10 nitrogen and oxygen atoms in total. The monoisotopic (exact) mass is 568 g/mol. The zero-order valence-corrected chi connectivity index (χ0v) is 22.4. The predicted molar refractivity (Wildman–Crippen MR) is 155 cm³/mol. The van der Waals surface area contributed by atoms with Crippen molar-refractivity contribution < 1.29 is 39.7 Å². The van der Waals surface area contributed by atoms with Gasteiger partial charge < -0.3 is 30.1 Å². The molecule has 0 atom stereocenters. The molecule has 4 aromatic rings. The van der Waals surface area contributed by atoms with E-state index < -0.39 is 11.9 Å². The number of phenolic OH excluding ortho intramolecular Hbond substituents is 2. The fraction of sp³-hybridized carbons (Fsp3) is 0.125. The Bertz CT molecular complexity index is 1480. The molecule has 0 heterocycles. The Kier molecular flexibility index (Phi) is 9.87. The van der Waals surface area contributed by atoms with Crippen LogP contribution >= 0.6 is 0 Å². The van der Waals surface area contributed by atoms with Gasteiger partial charge >= 0.3 is 11.9 Å². The third kappa shape index (κ3) is 8.18. The van der Waals surface area contributed by atoms with Gasteiger partial charge in [0.15, 0.2) is 11.4 Å². The van der Waals surface area contributed by atoms with Gasteiger partial charge in [-0.1, -0.05) is 83.1 Å². The number of hydrogen-bond acceptors (Lipinski definition) is 8.